The molecular weight excluding hydrogens is 234 g/mol. The van der Waals surface area contributed by atoms with Crippen molar-refractivity contribution in [3.8, 4) is 0 Å². The van der Waals surface area contributed by atoms with Gasteiger partial charge in [0.2, 0.25) is 0 Å². The molecule has 2 heterocycles. The number of hydrogen-bond donors (Lipinski definition) is 1. The van der Waals surface area contributed by atoms with Gasteiger partial charge in [-0.05, 0) is 49.5 Å². The Hall–Kier alpha value is -1.06. The molecule has 17 heavy (non-hydrogen) atoms. The summed E-state index contributed by atoms with van der Waals surface area (Å²) >= 11 is 6.07. The van der Waals surface area contributed by atoms with Crippen molar-refractivity contribution in [3.63, 3.8) is 0 Å². The van der Waals surface area contributed by atoms with E-state index in [1.165, 1.54) is 18.4 Å². The van der Waals surface area contributed by atoms with Crippen LogP contribution in [0.2, 0.25) is 5.15 Å². The summed E-state index contributed by atoms with van der Waals surface area (Å²) in [6.45, 7) is 2.24. The molecule has 4 heteroatoms. The zero-order chi connectivity index (χ0) is 11.8. The number of fused-ring (bicyclic) bond motifs is 1. The quantitative estimate of drug-likeness (QED) is 0.842. The molecule has 1 aliphatic rings. The zero-order valence-corrected chi connectivity index (χ0v) is 10.7. The first-order valence-corrected chi connectivity index (χ1v) is 6.46. The van der Waals surface area contributed by atoms with E-state index in [0.717, 1.165) is 24.0 Å². The lowest BCUT2D eigenvalue weighted by Gasteiger charge is -2.23. The highest BCUT2D eigenvalue weighted by atomic mass is 35.5. The Balaban J connectivity index is 2.03. The third kappa shape index (κ3) is 1.94. The number of nitrogens with one attached hydrogen (secondary N) is 1. The second kappa shape index (κ2) is 4.31. The van der Waals surface area contributed by atoms with Crippen molar-refractivity contribution in [3.05, 3.63) is 28.9 Å². The maximum Gasteiger partial charge on any atom is 0.158 e. The molecule has 0 unspecified atom stereocenters. The molecule has 0 saturated carbocycles. The number of benzene rings is 1. The van der Waals surface area contributed by atoms with E-state index in [1.807, 2.05) is 11.7 Å². The third-order valence-electron chi connectivity index (χ3n) is 3.64. The summed E-state index contributed by atoms with van der Waals surface area (Å²) in [5, 5.41) is 9.29. The minimum Gasteiger partial charge on any atom is -0.317 e. The fourth-order valence-corrected chi connectivity index (χ4v) is 2.91. The van der Waals surface area contributed by atoms with Crippen molar-refractivity contribution < 1.29 is 0 Å². The number of hydrogen-bond acceptors (Lipinski definition) is 2. The van der Waals surface area contributed by atoms with E-state index in [-0.39, 0.29) is 0 Å². The van der Waals surface area contributed by atoms with Gasteiger partial charge in [0.15, 0.2) is 5.15 Å². The Morgan fingerprint density at radius 3 is 2.88 bits per heavy atom. The zero-order valence-electron chi connectivity index (χ0n) is 9.91. The molecular formula is C13H16ClN3. The summed E-state index contributed by atoms with van der Waals surface area (Å²) in [5.74, 6) is 0.675. The van der Waals surface area contributed by atoms with Crippen LogP contribution in [0.1, 0.15) is 24.3 Å². The number of nitrogens with zero attached hydrogens (tertiary/aromatic N) is 2. The fraction of sp³-hybridized carbons (Fsp3) is 0.462. The van der Waals surface area contributed by atoms with Gasteiger partial charge in [-0.3, -0.25) is 4.68 Å². The minimum absolute atomic E-state index is 0.597. The molecule has 1 aromatic carbocycles. The van der Waals surface area contributed by atoms with Crippen LogP contribution in [0.3, 0.4) is 0 Å². The molecule has 0 aliphatic carbocycles. The van der Waals surface area contributed by atoms with Gasteiger partial charge in [0.05, 0.1) is 5.52 Å². The molecule has 1 fully saturated rings. The predicted octanol–water partition coefficient (Wildman–Crippen LogP) is 2.69. The summed E-state index contributed by atoms with van der Waals surface area (Å²) in [6, 6.07) is 6.54. The van der Waals surface area contributed by atoms with Gasteiger partial charge in [-0.25, -0.2) is 0 Å². The molecule has 3 rings (SSSR count). The van der Waals surface area contributed by atoms with Gasteiger partial charge in [-0.1, -0.05) is 17.7 Å². The monoisotopic (exact) mass is 249 g/mol. The lowest BCUT2D eigenvalue weighted by atomic mass is 9.90. The summed E-state index contributed by atoms with van der Waals surface area (Å²) < 4.78 is 1.86. The molecule has 3 nitrogen and oxygen atoms in total. The molecule has 1 saturated heterocycles. The van der Waals surface area contributed by atoms with E-state index >= 15 is 0 Å². The predicted molar refractivity (Wildman–Crippen MR) is 70.6 cm³/mol. The maximum atomic E-state index is 6.07. The lowest BCUT2D eigenvalue weighted by molar-refractivity contribution is 0.460. The van der Waals surface area contributed by atoms with Crippen LogP contribution in [0.5, 0.6) is 0 Å². The molecule has 0 radical (unpaired) electrons. The molecule has 1 aromatic heterocycles. The van der Waals surface area contributed by atoms with Crippen molar-refractivity contribution in [2.45, 2.75) is 18.8 Å². The lowest BCUT2D eigenvalue weighted by Crippen LogP contribution is -2.26. The van der Waals surface area contributed by atoms with E-state index < -0.39 is 0 Å². The summed E-state index contributed by atoms with van der Waals surface area (Å²) in [4.78, 5) is 0. The van der Waals surface area contributed by atoms with Crippen LogP contribution in [-0.4, -0.2) is 22.9 Å². The second-order valence-electron chi connectivity index (χ2n) is 4.72. The van der Waals surface area contributed by atoms with Gasteiger partial charge in [0, 0.05) is 12.4 Å². The number of aryl methyl sites for hydroxylation is 1. The van der Waals surface area contributed by atoms with Crippen LogP contribution in [0.4, 0.5) is 0 Å². The van der Waals surface area contributed by atoms with Crippen molar-refractivity contribution in [1.29, 1.82) is 0 Å². The van der Waals surface area contributed by atoms with Crippen LogP contribution in [0.15, 0.2) is 18.2 Å². The Bertz CT molecular complexity index is 541. The minimum atomic E-state index is 0.597. The first-order valence-electron chi connectivity index (χ1n) is 6.08. The van der Waals surface area contributed by atoms with Crippen LogP contribution >= 0.6 is 11.6 Å². The van der Waals surface area contributed by atoms with E-state index in [4.69, 9.17) is 11.6 Å². The SMILES string of the molecule is Cn1nc(Cl)c2ccc(C3CCNCC3)cc21. The fourth-order valence-electron chi connectivity index (χ4n) is 2.64. The molecule has 0 amide bonds. The van der Waals surface area contributed by atoms with Gasteiger partial charge < -0.3 is 5.32 Å². The van der Waals surface area contributed by atoms with E-state index in [1.54, 1.807) is 0 Å². The second-order valence-corrected chi connectivity index (χ2v) is 5.07. The van der Waals surface area contributed by atoms with E-state index in [0.29, 0.717) is 11.1 Å². The van der Waals surface area contributed by atoms with Crippen molar-refractivity contribution in [2.24, 2.45) is 7.05 Å². The highest BCUT2D eigenvalue weighted by Gasteiger charge is 2.16. The molecule has 1 aliphatic heterocycles. The topological polar surface area (TPSA) is 29.9 Å². The molecule has 2 aromatic rings. The summed E-state index contributed by atoms with van der Waals surface area (Å²) in [6.07, 6.45) is 2.44. The molecule has 0 spiro atoms. The van der Waals surface area contributed by atoms with Crippen molar-refractivity contribution in [2.75, 3.05) is 13.1 Å². The average Bonchev–Trinajstić information content (AvgIpc) is 2.66. The van der Waals surface area contributed by atoms with Crippen molar-refractivity contribution >= 4 is 22.5 Å². The highest BCUT2D eigenvalue weighted by Crippen LogP contribution is 2.30. The van der Waals surface area contributed by atoms with Crippen LogP contribution in [-0.2, 0) is 7.05 Å². The largest absolute Gasteiger partial charge is 0.317 e. The summed E-state index contributed by atoms with van der Waals surface area (Å²) in [5.41, 5.74) is 2.55. The van der Waals surface area contributed by atoms with Gasteiger partial charge >= 0.3 is 0 Å². The molecule has 0 atom stereocenters. The van der Waals surface area contributed by atoms with E-state index in [2.05, 4.69) is 28.6 Å². The average molecular weight is 250 g/mol. The highest BCUT2D eigenvalue weighted by molar-refractivity contribution is 6.34. The van der Waals surface area contributed by atoms with Crippen LogP contribution in [0, 0.1) is 0 Å². The van der Waals surface area contributed by atoms with Crippen molar-refractivity contribution in [1.82, 2.24) is 15.1 Å². The van der Waals surface area contributed by atoms with Gasteiger partial charge in [-0.2, -0.15) is 5.10 Å². The number of piperidine rings is 1. The van der Waals surface area contributed by atoms with Crippen LogP contribution in [0.25, 0.3) is 10.9 Å². The maximum absolute atomic E-state index is 6.07. The third-order valence-corrected chi connectivity index (χ3v) is 3.92. The van der Waals surface area contributed by atoms with Crippen LogP contribution < -0.4 is 5.32 Å². The standard InChI is InChI=1S/C13H16ClN3/c1-17-12-8-10(9-4-6-15-7-5-9)2-3-11(12)13(14)16-17/h2-3,8-9,15H,4-7H2,1H3. The van der Waals surface area contributed by atoms with E-state index in [9.17, 15) is 0 Å². The summed E-state index contributed by atoms with van der Waals surface area (Å²) in [7, 11) is 1.94. The molecule has 1 N–H and O–H groups in total. The number of aromatic nitrogens is 2. The van der Waals surface area contributed by atoms with Gasteiger partial charge in [0.25, 0.3) is 0 Å². The normalized spacial score (nSPS) is 17.8. The first kappa shape index (κ1) is 11.1. The van der Waals surface area contributed by atoms with Gasteiger partial charge in [0.1, 0.15) is 0 Å². The Labute approximate surface area is 106 Å². The molecule has 0 bridgehead atoms. The Morgan fingerprint density at radius 1 is 1.35 bits per heavy atom. The van der Waals surface area contributed by atoms with Gasteiger partial charge in [-0.15, -0.1) is 0 Å². The Kier molecular flexibility index (Phi) is 2.81. The number of halogens is 1. The smallest absolute Gasteiger partial charge is 0.158 e. The number of rotatable bonds is 1. The first-order chi connectivity index (χ1) is 8.25. The Morgan fingerprint density at radius 2 is 2.12 bits per heavy atom. The molecule has 90 valence electrons.